The number of para-hydroxylation sites is 1. The van der Waals surface area contributed by atoms with Crippen LogP contribution < -0.4 is 10.3 Å². The summed E-state index contributed by atoms with van der Waals surface area (Å²) in [4.78, 5) is 15.5. The molecule has 27 heavy (non-hydrogen) atoms. The Balaban J connectivity index is 1.88. The number of aromatic amines is 1. The Hall–Kier alpha value is -3.24. The number of H-pyrrole nitrogens is 1. The molecule has 0 saturated heterocycles. The molecule has 3 aromatic carbocycles. The van der Waals surface area contributed by atoms with Gasteiger partial charge in [-0.25, -0.2) is 0 Å². The van der Waals surface area contributed by atoms with Gasteiger partial charge >= 0.3 is 0 Å². The second kappa shape index (κ2) is 6.82. The van der Waals surface area contributed by atoms with Crippen LogP contribution in [0.25, 0.3) is 22.0 Å². The molecule has 0 saturated carbocycles. The van der Waals surface area contributed by atoms with Crippen molar-refractivity contribution in [1.82, 2.24) is 4.98 Å². The van der Waals surface area contributed by atoms with Crippen LogP contribution in [0.2, 0.25) is 5.02 Å². The van der Waals surface area contributed by atoms with E-state index in [4.69, 9.17) is 16.3 Å². The van der Waals surface area contributed by atoms with Crippen molar-refractivity contribution < 1.29 is 9.84 Å². The van der Waals surface area contributed by atoms with Crippen molar-refractivity contribution in [2.75, 3.05) is 0 Å². The van der Waals surface area contributed by atoms with E-state index in [0.29, 0.717) is 33.0 Å². The number of fused-ring (bicyclic) bond motifs is 1. The highest BCUT2D eigenvalue weighted by molar-refractivity contribution is 6.31. The minimum absolute atomic E-state index is 0.106. The molecule has 2 N–H and O–H groups in total. The van der Waals surface area contributed by atoms with Crippen LogP contribution in [0, 0.1) is 6.92 Å². The van der Waals surface area contributed by atoms with Gasteiger partial charge in [0, 0.05) is 16.0 Å². The van der Waals surface area contributed by atoms with Gasteiger partial charge in [-0.05, 0) is 43.3 Å². The standard InChI is InChI=1S/C22H16ClNO3/c1-13-6-9-15(10-7-13)27-19-5-3-2-4-17(19)20-21(25)16-11-8-14(23)12-18(16)24-22(20)26/h2-12H,1H3,(H2,24,25,26). The molecule has 134 valence electrons. The maximum atomic E-state index is 12.7. The topological polar surface area (TPSA) is 62.3 Å². The molecule has 0 spiro atoms. The van der Waals surface area contributed by atoms with Gasteiger partial charge in [-0.1, -0.05) is 47.5 Å². The number of nitrogens with one attached hydrogen (secondary N) is 1. The molecule has 1 aromatic heterocycles. The van der Waals surface area contributed by atoms with Crippen LogP contribution in [-0.4, -0.2) is 10.1 Å². The Kier molecular flexibility index (Phi) is 4.34. The fourth-order valence-electron chi connectivity index (χ4n) is 3.00. The van der Waals surface area contributed by atoms with Gasteiger partial charge in [-0.2, -0.15) is 0 Å². The first kappa shape index (κ1) is 17.2. The molecule has 1 heterocycles. The van der Waals surface area contributed by atoms with E-state index in [1.54, 1.807) is 36.4 Å². The van der Waals surface area contributed by atoms with Gasteiger partial charge in [0.25, 0.3) is 5.56 Å². The van der Waals surface area contributed by atoms with Crippen LogP contribution in [0.4, 0.5) is 0 Å². The minimum Gasteiger partial charge on any atom is -0.506 e. The number of halogens is 1. The maximum Gasteiger partial charge on any atom is 0.260 e. The lowest BCUT2D eigenvalue weighted by Crippen LogP contribution is -2.10. The maximum absolute atomic E-state index is 12.7. The first-order chi connectivity index (χ1) is 13.0. The summed E-state index contributed by atoms with van der Waals surface area (Å²) >= 11 is 5.98. The Morgan fingerprint density at radius 2 is 1.74 bits per heavy atom. The number of benzene rings is 3. The molecule has 4 rings (SSSR count). The zero-order valence-corrected chi connectivity index (χ0v) is 15.2. The third-order valence-corrected chi connectivity index (χ3v) is 4.59. The molecule has 0 aliphatic rings. The second-order valence-corrected chi connectivity index (χ2v) is 6.72. The molecule has 0 radical (unpaired) electrons. The first-order valence-corrected chi connectivity index (χ1v) is 8.79. The second-order valence-electron chi connectivity index (χ2n) is 6.28. The molecular formula is C22H16ClNO3. The van der Waals surface area contributed by atoms with Crippen molar-refractivity contribution in [3.63, 3.8) is 0 Å². The summed E-state index contributed by atoms with van der Waals surface area (Å²) < 4.78 is 5.98. The van der Waals surface area contributed by atoms with Crippen molar-refractivity contribution in [2.24, 2.45) is 0 Å². The molecule has 0 bridgehead atoms. The van der Waals surface area contributed by atoms with E-state index in [1.165, 1.54) is 0 Å². The molecule has 5 heteroatoms. The van der Waals surface area contributed by atoms with Gasteiger partial charge in [0.15, 0.2) is 0 Å². The summed E-state index contributed by atoms with van der Waals surface area (Å²) in [7, 11) is 0. The molecule has 0 fully saturated rings. The fraction of sp³-hybridized carbons (Fsp3) is 0.0455. The van der Waals surface area contributed by atoms with E-state index >= 15 is 0 Å². The lowest BCUT2D eigenvalue weighted by molar-refractivity contribution is 0.475. The molecule has 0 amide bonds. The van der Waals surface area contributed by atoms with E-state index < -0.39 is 5.56 Å². The number of hydrogen-bond donors (Lipinski definition) is 2. The van der Waals surface area contributed by atoms with E-state index in [-0.39, 0.29) is 11.3 Å². The molecule has 0 atom stereocenters. The number of hydrogen-bond acceptors (Lipinski definition) is 3. The monoisotopic (exact) mass is 377 g/mol. The minimum atomic E-state index is -0.415. The van der Waals surface area contributed by atoms with Gasteiger partial charge in [-0.3, -0.25) is 4.79 Å². The average Bonchev–Trinajstić information content (AvgIpc) is 2.64. The molecule has 0 aliphatic heterocycles. The Bertz CT molecular complexity index is 1200. The number of aromatic hydroxyl groups is 1. The van der Waals surface area contributed by atoms with E-state index in [1.807, 2.05) is 37.3 Å². The van der Waals surface area contributed by atoms with Crippen LogP contribution in [0.5, 0.6) is 17.2 Å². The van der Waals surface area contributed by atoms with Crippen molar-refractivity contribution in [3.8, 4) is 28.4 Å². The number of pyridine rings is 1. The van der Waals surface area contributed by atoms with Crippen LogP contribution in [0.1, 0.15) is 5.56 Å². The SMILES string of the molecule is Cc1ccc(Oc2ccccc2-c2c(O)c3ccc(Cl)cc3[nH]c2=O)cc1. The third kappa shape index (κ3) is 3.27. The summed E-state index contributed by atoms with van der Waals surface area (Å²) in [6.07, 6.45) is 0. The summed E-state index contributed by atoms with van der Waals surface area (Å²) in [5.74, 6) is 1.03. The largest absolute Gasteiger partial charge is 0.506 e. The Morgan fingerprint density at radius 1 is 1.00 bits per heavy atom. The van der Waals surface area contributed by atoms with Crippen LogP contribution in [0.15, 0.2) is 71.5 Å². The van der Waals surface area contributed by atoms with Crippen LogP contribution in [0.3, 0.4) is 0 Å². The van der Waals surface area contributed by atoms with Crippen molar-refractivity contribution in [2.45, 2.75) is 6.92 Å². The number of aromatic nitrogens is 1. The van der Waals surface area contributed by atoms with Crippen LogP contribution in [-0.2, 0) is 0 Å². The zero-order valence-electron chi connectivity index (χ0n) is 14.5. The van der Waals surface area contributed by atoms with Crippen molar-refractivity contribution >= 4 is 22.5 Å². The van der Waals surface area contributed by atoms with E-state index in [0.717, 1.165) is 5.56 Å². The third-order valence-electron chi connectivity index (χ3n) is 4.35. The Labute approximate surface area is 160 Å². The van der Waals surface area contributed by atoms with E-state index in [9.17, 15) is 9.90 Å². The highest BCUT2D eigenvalue weighted by atomic mass is 35.5. The van der Waals surface area contributed by atoms with Crippen molar-refractivity contribution in [1.29, 1.82) is 0 Å². The van der Waals surface area contributed by atoms with Crippen molar-refractivity contribution in [3.05, 3.63) is 87.7 Å². The summed E-state index contributed by atoms with van der Waals surface area (Å²) in [6, 6.07) is 19.7. The molecular weight excluding hydrogens is 362 g/mol. The normalized spacial score (nSPS) is 10.9. The van der Waals surface area contributed by atoms with Gasteiger partial charge in [-0.15, -0.1) is 0 Å². The lowest BCUT2D eigenvalue weighted by atomic mass is 10.0. The summed E-state index contributed by atoms with van der Waals surface area (Å²) in [6.45, 7) is 2.00. The zero-order chi connectivity index (χ0) is 19.0. The quantitative estimate of drug-likeness (QED) is 0.484. The van der Waals surface area contributed by atoms with Gasteiger partial charge in [0.1, 0.15) is 17.2 Å². The predicted molar refractivity (Wildman–Crippen MR) is 108 cm³/mol. The van der Waals surface area contributed by atoms with E-state index in [2.05, 4.69) is 4.98 Å². The molecule has 0 unspecified atom stereocenters. The Morgan fingerprint density at radius 3 is 2.52 bits per heavy atom. The number of aryl methyl sites for hydroxylation is 1. The highest BCUT2D eigenvalue weighted by Gasteiger charge is 2.18. The van der Waals surface area contributed by atoms with Crippen LogP contribution >= 0.6 is 11.6 Å². The molecule has 0 aliphatic carbocycles. The van der Waals surface area contributed by atoms with Gasteiger partial charge in [0.2, 0.25) is 0 Å². The predicted octanol–water partition coefficient (Wildman–Crippen LogP) is 5.65. The van der Waals surface area contributed by atoms with Gasteiger partial charge < -0.3 is 14.8 Å². The first-order valence-electron chi connectivity index (χ1n) is 8.41. The van der Waals surface area contributed by atoms with Gasteiger partial charge in [0.05, 0.1) is 11.1 Å². The smallest absolute Gasteiger partial charge is 0.260 e. The molecule has 4 aromatic rings. The number of ether oxygens (including phenoxy) is 1. The molecule has 4 nitrogen and oxygen atoms in total. The summed E-state index contributed by atoms with van der Waals surface area (Å²) in [5, 5.41) is 11.8. The number of rotatable bonds is 3. The summed E-state index contributed by atoms with van der Waals surface area (Å²) in [5.41, 5.74) is 1.85. The highest BCUT2D eigenvalue weighted by Crippen LogP contribution is 2.38. The lowest BCUT2D eigenvalue weighted by Gasteiger charge is -2.13. The average molecular weight is 378 g/mol. The fourth-order valence-corrected chi connectivity index (χ4v) is 3.17.